The van der Waals surface area contributed by atoms with Gasteiger partial charge in [-0.3, -0.25) is 0 Å². The van der Waals surface area contributed by atoms with Gasteiger partial charge in [-0.1, -0.05) is 40.9 Å². The van der Waals surface area contributed by atoms with E-state index in [1.165, 1.54) is 6.33 Å². The zero-order valence-corrected chi connectivity index (χ0v) is 13.3. The van der Waals surface area contributed by atoms with Crippen molar-refractivity contribution in [3.63, 3.8) is 0 Å². The number of hydrazine groups is 1. The number of nitrogen functional groups attached to an aromatic ring is 1. The second-order valence-electron chi connectivity index (χ2n) is 4.19. The lowest BCUT2D eigenvalue weighted by atomic mass is 10.1. The molecule has 5 nitrogen and oxygen atoms in total. The Morgan fingerprint density at radius 3 is 2.70 bits per heavy atom. The van der Waals surface area contributed by atoms with Crippen molar-refractivity contribution in [2.75, 3.05) is 10.7 Å². The molecule has 0 aliphatic rings. The number of anilines is 3. The first-order valence-electron chi connectivity index (χ1n) is 6.18. The maximum Gasteiger partial charge on any atom is 0.148 e. The van der Waals surface area contributed by atoms with E-state index in [4.69, 9.17) is 17.4 Å². The summed E-state index contributed by atoms with van der Waals surface area (Å²) < 4.78 is 0.925. The van der Waals surface area contributed by atoms with Crippen LogP contribution in [0.4, 0.5) is 17.3 Å². The zero-order chi connectivity index (χ0) is 14.5. The minimum absolute atomic E-state index is 0.614. The molecule has 4 N–H and O–H groups in total. The molecule has 0 saturated carbocycles. The summed E-state index contributed by atoms with van der Waals surface area (Å²) in [5.41, 5.74) is 4.33. The molecule has 0 fully saturated rings. The van der Waals surface area contributed by atoms with E-state index >= 15 is 0 Å². The highest BCUT2D eigenvalue weighted by molar-refractivity contribution is 9.10. The molecule has 0 aliphatic heterocycles. The minimum atomic E-state index is 0.614. The molecule has 0 aliphatic carbocycles. The van der Waals surface area contributed by atoms with E-state index in [2.05, 4.69) is 43.6 Å². The first kappa shape index (κ1) is 15.0. The van der Waals surface area contributed by atoms with Crippen molar-refractivity contribution in [2.24, 2.45) is 5.84 Å². The van der Waals surface area contributed by atoms with E-state index in [-0.39, 0.29) is 0 Å². The number of aromatic nitrogens is 2. The predicted molar refractivity (Wildman–Crippen MR) is 86.3 cm³/mol. The smallest absolute Gasteiger partial charge is 0.148 e. The van der Waals surface area contributed by atoms with Crippen molar-refractivity contribution in [1.29, 1.82) is 0 Å². The van der Waals surface area contributed by atoms with Gasteiger partial charge in [-0.05, 0) is 24.6 Å². The number of nitrogens with one attached hydrogen (secondary N) is 2. The molecule has 0 unspecified atom stereocenters. The molecule has 0 saturated heterocycles. The second-order valence-corrected chi connectivity index (χ2v) is 5.52. The fraction of sp³-hybridized carbons (Fsp3) is 0.231. The number of benzene rings is 1. The van der Waals surface area contributed by atoms with Crippen LogP contribution in [0.3, 0.4) is 0 Å². The van der Waals surface area contributed by atoms with E-state index in [9.17, 15) is 0 Å². The molecule has 20 heavy (non-hydrogen) atoms. The Balaban J connectivity index is 2.37. The minimum Gasteiger partial charge on any atom is -0.339 e. The van der Waals surface area contributed by atoms with Crippen molar-refractivity contribution >= 4 is 44.9 Å². The molecule has 0 spiro atoms. The summed E-state index contributed by atoms with van der Waals surface area (Å²) in [7, 11) is 0. The standard InChI is InChI=1S/C13H15BrClN5/c1-2-3-9-12(17-7-18-13(9)20-16)19-11-5-4-8(14)6-10(11)15/h4-7H,2-3,16H2,1H3,(H2,17,18,19,20). The lowest BCUT2D eigenvalue weighted by molar-refractivity contribution is 0.903. The number of hydrogen-bond acceptors (Lipinski definition) is 5. The van der Waals surface area contributed by atoms with Gasteiger partial charge in [-0.2, -0.15) is 0 Å². The Bertz CT molecular complexity index is 605. The fourth-order valence-corrected chi connectivity index (χ4v) is 2.57. The van der Waals surface area contributed by atoms with Crippen LogP contribution in [0.2, 0.25) is 5.02 Å². The van der Waals surface area contributed by atoms with Gasteiger partial charge in [0.05, 0.1) is 10.7 Å². The third-order valence-corrected chi connectivity index (χ3v) is 3.57. The average molecular weight is 357 g/mol. The van der Waals surface area contributed by atoms with Crippen LogP contribution in [-0.2, 0) is 6.42 Å². The Morgan fingerprint density at radius 2 is 2.05 bits per heavy atom. The van der Waals surface area contributed by atoms with Gasteiger partial charge in [0.15, 0.2) is 0 Å². The zero-order valence-electron chi connectivity index (χ0n) is 11.0. The lowest BCUT2D eigenvalue weighted by Crippen LogP contribution is -2.13. The molecular formula is C13H15BrClN5. The Morgan fingerprint density at radius 1 is 1.30 bits per heavy atom. The quantitative estimate of drug-likeness (QED) is 0.560. The third kappa shape index (κ3) is 3.39. The summed E-state index contributed by atoms with van der Waals surface area (Å²) in [5.74, 6) is 6.82. The van der Waals surface area contributed by atoms with Crippen LogP contribution >= 0.6 is 27.5 Å². The Kier molecular flexibility index (Phi) is 5.17. The van der Waals surface area contributed by atoms with Crippen LogP contribution in [-0.4, -0.2) is 9.97 Å². The molecule has 0 radical (unpaired) electrons. The highest BCUT2D eigenvalue weighted by Crippen LogP contribution is 2.30. The van der Waals surface area contributed by atoms with Gasteiger partial charge >= 0.3 is 0 Å². The molecule has 106 valence electrons. The summed E-state index contributed by atoms with van der Waals surface area (Å²) in [6.07, 6.45) is 3.24. The molecular weight excluding hydrogens is 342 g/mol. The van der Waals surface area contributed by atoms with Crippen LogP contribution in [0.15, 0.2) is 29.0 Å². The SMILES string of the molecule is CCCc1c(NN)ncnc1Nc1ccc(Br)cc1Cl. The fourth-order valence-electron chi connectivity index (χ4n) is 1.85. The summed E-state index contributed by atoms with van der Waals surface area (Å²) >= 11 is 9.59. The average Bonchev–Trinajstić information content (AvgIpc) is 2.43. The van der Waals surface area contributed by atoms with Crippen LogP contribution in [0, 0.1) is 0 Å². The van der Waals surface area contributed by atoms with Crippen LogP contribution in [0.1, 0.15) is 18.9 Å². The molecule has 2 rings (SSSR count). The first-order valence-corrected chi connectivity index (χ1v) is 7.35. The summed E-state index contributed by atoms with van der Waals surface area (Å²) in [6, 6.07) is 5.63. The molecule has 0 atom stereocenters. The largest absolute Gasteiger partial charge is 0.339 e. The van der Waals surface area contributed by atoms with Crippen LogP contribution in [0.25, 0.3) is 0 Å². The summed E-state index contributed by atoms with van der Waals surface area (Å²) in [4.78, 5) is 8.40. The van der Waals surface area contributed by atoms with Crippen molar-refractivity contribution < 1.29 is 0 Å². The van der Waals surface area contributed by atoms with E-state index in [1.54, 1.807) is 0 Å². The van der Waals surface area contributed by atoms with Gasteiger partial charge < -0.3 is 10.7 Å². The second kappa shape index (κ2) is 6.88. The third-order valence-electron chi connectivity index (χ3n) is 2.77. The maximum atomic E-state index is 6.21. The van der Waals surface area contributed by atoms with E-state index in [0.29, 0.717) is 16.7 Å². The van der Waals surface area contributed by atoms with E-state index in [0.717, 1.165) is 28.6 Å². The number of nitrogens with two attached hydrogens (primary N) is 1. The Hall–Kier alpha value is -1.37. The highest BCUT2D eigenvalue weighted by Gasteiger charge is 2.11. The van der Waals surface area contributed by atoms with Crippen molar-refractivity contribution in [3.05, 3.63) is 39.6 Å². The van der Waals surface area contributed by atoms with Gasteiger partial charge in [-0.25, -0.2) is 15.8 Å². The molecule has 2 aromatic rings. The molecule has 0 bridgehead atoms. The number of rotatable bonds is 5. The predicted octanol–water partition coefficient (Wildman–Crippen LogP) is 3.87. The number of halogens is 2. The normalized spacial score (nSPS) is 10.4. The molecule has 1 aromatic carbocycles. The van der Waals surface area contributed by atoms with E-state index < -0.39 is 0 Å². The topological polar surface area (TPSA) is 75.9 Å². The van der Waals surface area contributed by atoms with Gasteiger partial charge in [-0.15, -0.1) is 0 Å². The monoisotopic (exact) mass is 355 g/mol. The highest BCUT2D eigenvalue weighted by atomic mass is 79.9. The summed E-state index contributed by atoms with van der Waals surface area (Å²) in [6.45, 7) is 2.09. The van der Waals surface area contributed by atoms with Crippen LogP contribution in [0.5, 0.6) is 0 Å². The molecule has 7 heteroatoms. The van der Waals surface area contributed by atoms with Crippen molar-refractivity contribution in [3.8, 4) is 0 Å². The van der Waals surface area contributed by atoms with Crippen molar-refractivity contribution in [1.82, 2.24) is 9.97 Å². The maximum absolute atomic E-state index is 6.21. The Labute approximate surface area is 131 Å². The summed E-state index contributed by atoms with van der Waals surface area (Å²) in [5, 5.41) is 3.84. The van der Waals surface area contributed by atoms with E-state index in [1.807, 2.05) is 18.2 Å². The van der Waals surface area contributed by atoms with Crippen molar-refractivity contribution in [2.45, 2.75) is 19.8 Å². The number of hydrogen-bond donors (Lipinski definition) is 3. The number of nitrogens with zero attached hydrogens (tertiary/aromatic N) is 2. The van der Waals surface area contributed by atoms with Crippen LogP contribution < -0.4 is 16.6 Å². The molecule has 0 amide bonds. The van der Waals surface area contributed by atoms with Gasteiger partial charge in [0, 0.05) is 10.0 Å². The molecule has 1 aromatic heterocycles. The van der Waals surface area contributed by atoms with Gasteiger partial charge in [0.2, 0.25) is 0 Å². The molecule has 1 heterocycles. The van der Waals surface area contributed by atoms with Gasteiger partial charge in [0.1, 0.15) is 18.0 Å². The first-order chi connectivity index (χ1) is 9.65. The lowest BCUT2D eigenvalue weighted by Gasteiger charge is -2.14. The van der Waals surface area contributed by atoms with Gasteiger partial charge in [0.25, 0.3) is 0 Å².